The van der Waals surface area contributed by atoms with Crippen LogP contribution in [0.2, 0.25) is 0 Å². The summed E-state index contributed by atoms with van der Waals surface area (Å²) in [6, 6.07) is 6.10. The average Bonchev–Trinajstić information content (AvgIpc) is 2.98. The van der Waals surface area contributed by atoms with E-state index < -0.39 is 22.6 Å². The largest absolute Gasteiger partial charge is 0.507 e. The lowest BCUT2D eigenvalue weighted by Crippen LogP contribution is -2.18. The maximum Gasteiger partial charge on any atom is 0.433 e. The second-order valence-electron chi connectivity index (χ2n) is 4.16. The van der Waals surface area contributed by atoms with Crippen molar-refractivity contribution in [2.24, 2.45) is 0 Å². The van der Waals surface area contributed by atoms with Gasteiger partial charge in [-0.25, -0.2) is 0 Å². The van der Waals surface area contributed by atoms with Crippen molar-refractivity contribution in [2.45, 2.75) is 0 Å². The molecule has 2 rings (SSSR count). The molecule has 0 bridgehead atoms. The molecule has 1 aromatic carbocycles. The Kier molecular flexibility index (Phi) is 4.07. The summed E-state index contributed by atoms with van der Waals surface area (Å²) in [5.74, 6) is -2.29. The monoisotopic (exact) mass is 305 g/mol. The van der Waals surface area contributed by atoms with E-state index in [1.54, 1.807) is 0 Å². The number of phenolic OH excluding ortho intramolecular Hbond substituents is 1. The Bertz CT molecular complexity index is 752. The fourth-order valence-electron chi connectivity index (χ4n) is 1.67. The first-order valence-corrected chi connectivity index (χ1v) is 6.03. The van der Waals surface area contributed by atoms with Crippen molar-refractivity contribution >= 4 is 23.4 Å². The Labute approximate surface area is 123 Å². The Morgan fingerprint density at radius 3 is 2.55 bits per heavy atom. The Hall–Kier alpha value is -3.36. The van der Waals surface area contributed by atoms with Crippen molar-refractivity contribution < 1.29 is 24.0 Å². The van der Waals surface area contributed by atoms with E-state index in [0.29, 0.717) is 0 Å². The molecule has 0 spiro atoms. The molecular weight excluding hydrogens is 294 g/mol. The molecule has 0 saturated carbocycles. The van der Waals surface area contributed by atoms with Crippen molar-refractivity contribution in [2.75, 3.05) is 12.4 Å². The molecule has 1 aromatic heterocycles. The lowest BCUT2D eigenvalue weighted by molar-refractivity contribution is -0.402. The molecule has 0 atom stereocenters. The van der Waals surface area contributed by atoms with Gasteiger partial charge in [-0.05, 0) is 24.3 Å². The quantitative estimate of drug-likeness (QED) is 0.445. The number of furan rings is 1. The fraction of sp³-hybridized carbons (Fsp3) is 0.0769. The first-order chi connectivity index (χ1) is 10.4. The second kappa shape index (κ2) is 5.95. The van der Waals surface area contributed by atoms with Gasteiger partial charge in [0.25, 0.3) is 11.8 Å². The molecule has 2 aromatic rings. The number of nitro groups is 1. The summed E-state index contributed by atoms with van der Waals surface area (Å²) in [6.45, 7) is 0. The van der Waals surface area contributed by atoms with Crippen LogP contribution >= 0.6 is 0 Å². The van der Waals surface area contributed by atoms with Gasteiger partial charge in [-0.2, -0.15) is 0 Å². The van der Waals surface area contributed by atoms with E-state index in [-0.39, 0.29) is 22.8 Å². The first-order valence-electron chi connectivity index (χ1n) is 6.03. The van der Waals surface area contributed by atoms with Gasteiger partial charge >= 0.3 is 5.88 Å². The van der Waals surface area contributed by atoms with Gasteiger partial charge in [0.2, 0.25) is 0 Å². The molecule has 0 fully saturated rings. The van der Waals surface area contributed by atoms with Crippen molar-refractivity contribution in [3.63, 3.8) is 0 Å². The van der Waals surface area contributed by atoms with Gasteiger partial charge in [0.1, 0.15) is 10.7 Å². The molecule has 9 heteroatoms. The Balaban J connectivity index is 2.21. The number of anilines is 1. The predicted octanol–water partition coefficient (Wildman–Crippen LogP) is 1.51. The lowest BCUT2D eigenvalue weighted by atomic mass is 10.1. The standard InChI is InChI=1S/C13H11N3O6/c1-14-12(18)8-6-7(2-3-9(8)17)15-13(19)10-4-5-11(22-10)16(20)21/h2-6,17H,1H3,(H,14,18)(H,15,19). The van der Waals surface area contributed by atoms with Gasteiger partial charge in [0, 0.05) is 12.7 Å². The smallest absolute Gasteiger partial charge is 0.433 e. The summed E-state index contributed by atoms with van der Waals surface area (Å²) in [7, 11) is 1.40. The van der Waals surface area contributed by atoms with Gasteiger partial charge in [0.15, 0.2) is 5.76 Å². The van der Waals surface area contributed by atoms with E-state index in [1.165, 1.54) is 25.2 Å². The molecule has 0 radical (unpaired) electrons. The molecule has 0 saturated heterocycles. The van der Waals surface area contributed by atoms with Gasteiger partial charge < -0.3 is 20.2 Å². The molecule has 22 heavy (non-hydrogen) atoms. The molecule has 2 amide bonds. The molecule has 0 aliphatic rings. The zero-order valence-electron chi connectivity index (χ0n) is 11.3. The maximum atomic E-state index is 11.9. The van der Waals surface area contributed by atoms with Crippen LogP contribution in [0.25, 0.3) is 0 Å². The summed E-state index contributed by atoms with van der Waals surface area (Å²) < 4.78 is 4.76. The van der Waals surface area contributed by atoms with Crippen LogP contribution < -0.4 is 10.6 Å². The van der Waals surface area contributed by atoms with E-state index in [9.17, 15) is 24.8 Å². The molecule has 0 aliphatic carbocycles. The summed E-state index contributed by atoms with van der Waals surface area (Å²) >= 11 is 0. The zero-order chi connectivity index (χ0) is 16.3. The predicted molar refractivity (Wildman–Crippen MR) is 74.8 cm³/mol. The van der Waals surface area contributed by atoms with Gasteiger partial charge in [-0.1, -0.05) is 0 Å². The van der Waals surface area contributed by atoms with Gasteiger partial charge in [-0.3, -0.25) is 19.7 Å². The van der Waals surface area contributed by atoms with Crippen LogP contribution in [0.5, 0.6) is 5.75 Å². The van der Waals surface area contributed by atoms with Crippen molar-refractivity contribution in [1.82, 2.24) is 5.32 Å². The van der Waals surface area contributed by atoms with Crippen molar-refractivity contribution in [3.05, 3.63) is 51.8 Å². The number of phenols is 1. The van der Waals surface area contributed by atoms with Crippen molar-refractivity contribution in [3.8, 4) is 5.75 Å². The summed E-state index contributed by atoms with van der Waals surface area (Å²) in [6.07, 6.45) is 0. The Morgan fingerprint density at radius 1 is 1.23 bits per heavy atom. The zero-order valence-corrected chi connectivity index (χ0v) is 11.3. The third kappa shape index (κ3) is 3.03. The SMILES string of the molecule is CNC(=O)c1cc(NC(=O)c2ccc([N+](=O)[O-])o2)ccc1O. The molecule has 9 nitrogen and oxygen atoms in total. The molecule has 0 unspecified atom stereocenters. The number of hydrogen-bond donors (Lipinski definition) is 3. The number of aromatic hydroxyl groups is 1. The molecule has 1 heterocycles. The van der Waals surface area contributed by atoms with Gasteiger partial charge in [0.05, 0.1) is 11.6 Å². The van der Waals surface area contributed by atoms with E-state index in [0.717, 1.165) is 12.1 Å². The Morgan fingerprint density at radius 2 is 1.95 bits per heavy atom. The normalized spacial score (nSPS) is 10.0. The number of hydrogen-bond acceptors (Lipinski definition) is 6. The highest BCUT2D eigenvalue weighted by Gasteiger charge is 2.18. The van der Waals surface area contributed by atoms with E-state index in [4.69, 9.17) is 4.42 Å². The number of benzene rings is 1. The second-order valence-corrected chi connectivity index (χ2v) is 4.16. The molecule has 114 valence electrons. The van der Waals surface area contributed by atoms with E-state index in [2.05, 4.69) is 10.6 Å². The summed E-state index contributed by atoms with van der Waals surface area (Å²) in [4.78, 5) is 33.2. The number of amides is 2. The summed E-state index contributed by atoms with van der Waals surface area (Å²) in [5.41, 5.74) is 0.200. The highest BCUT2D eigenvalue weighted by Crippen LogP contribution is 2.22. The molecule has 3 N–H and O–H groups in total. The van der Waals surface area contributed by atoms with Crippen LogP contribution in [-0.2, 0) is 0 Å². The van der Waals surface area contributed by atoms with Crippen LogP contribution in [0.15, 0.2) is 34.7 Å². The fourth-order valence-corrected chi connectivity index (χ4v) is 1.67. The minimum atomic E-state index is -0.763. The molecule has 0 aliphatic heterocycles. The number of carbonyl (C=O) groups excluding carboxylic acids is 2. The van der Waals surface area contributed by atoms with E-state index >= 15 is 0 Å². The highest BCUT2D eigenvalue weighted by molar-refractivity contribution is 6.04. The lowest BCUT2D eigenvalue weighted by Gasteiger charge is -2.07. The number of carbonyl (C=O) groups is 2. The van der Waals surface area contributed by atoms with Crippen LogP contribution in [0, 0.1) is 10.1 Å². The third-order valence-corrected chi connectivity index (χ3v) is 2.72. The van der Waals surface area contributed by atoms with Crippen LogP contribution in [0.4, 0.5) is 11.6 Å². The number of nitrogens with zero attached hydrogens (tertiary/aromatic N) is 1. The maximum absolute atomic E-state index is 11.9. The number of nitrogens with one attached hydrogen (secondary N) is 2. The van der Waals surface area contributed by atoms with Crippen LogP contribution in [0.1, 0.15) is 20.9 Å². The average molecular weight is 305 g/mol. The van der Waals surface area contributed by atoms with Gasteiger partial charge in [-0.15, -0.1) is 0 Å². The summed E-state index contributed by atoms with van der Waals surface area (Å²) in [5, 5.41) is 24.8. The number of rotatable bonds is 4. The van der Waals surface area contributed by atoms with Crippen molar-refractivity contribution in [1.29, 1.82) is 0 Å². The minimum Gasteiger partial charge on any atom is -0.507 e. The highest BCUT2D eigenvalue weighted by atomic mass is 16.6. The van der Waals surface area contributed by atoms with E-state index in [1.807, 2.05) is 0 Å². The van der Waals surface area contributed by atoms with Crippen LogP contribution in [-0.4, -0.2) is 28.9 Å². The molecular formula is C13H11N3O6. The third-order valence-electron chi connectivity index (χ3n) is 2.72. The minimum absolute atomic E-state index is 0.0225. The van der Waals surface area contributed by atoms with Crippen LogP contribution in [0.3, 0.4) is 0 Å². The first kappa shape index (κ1) is 15.0. The topological polar surface area (TPSA) is 135 Å².